The molecule has 0 aliphatic carbocycles. The number of para-hydroxylation sites is 1. The summed E-state index contributed by atoms with van der Waals surface area (Å²) in [6, 6.07) is 23.2. The van der Waals surface area contributed by atoms with E-state index in [4.69, 9.17) is 0 Å². The lowest BCUT2D eigenvalue weighted by molar-refractivity contribution is -0.247. The van der Waals surface area contributed by atoms with Crippen LogP contribution >= 0.6 is 0 Å². The predicted molar refractivity (Wildman–Crippen MR) is 131 cm³/mol. The number of anilines is 1. The van der Waals surface area contributed by atoms with E-state index >= 15 is 0 Å². The van der Waals surface area contributed by atoms with Crippen LogP contribution in [0.3, 0.4) is 0 Å². The van der Waals surface area contributed by atoms with Gasteiger partial charge < -0.3 is 10.4 Å². The van der Waals surface area contributed by atoms with Crippen molar-refractivity contribution in [1.29, 1.82) is 0 Å². The van der Waals surface area contributed by atoms with Gasteiger partial charge in [0.15, 0.2) is 0 Å². The SMILES string of the molecule is CF.CNc1ccc(C(O)(c2ccc3c(cnn3-c3ccccc3)c2)C(F)(F)F)c2ccccc12. The highest BCUT2D eigenvalue weighted by molar-refractivity contribution is 5.97. The zero-order valence-corrected chi connectivity index (χ0v) is 19.0. The number of rotatable bonds is 4. The number of benzene rings is 4. The fourth-order valence-corrected chi connectivity index (χ4v) is 4.34. The number of aliphatic hydroxyl groups is 1. The second-order valence-electron chi connectivity index (χ2n) is 7.83. The summed E-state index contributed by atoms with van der Waals surface area (Å²) in [6.45, 7) is 0. The zero-order valence-electron chi connectivity index (χ0n) is 19.0. The minimum Gasteiger partial charge on any atom is -0.388 e. The Kier molecular flexibility index (Phi) is 6.49. The lowest BCUT2D eigenvalue weighted by Gasteiger charge is -2.33. The monoisotopic (exact) mass is 481 g/mol. The largest absolute Gasteiger partial charge is 0.425 e. The van der Waals surface area contributed by atoms with Crippen LogP contribution in [0.1, 0.15) is 11.1 Å². The van der Waals surface area contributed by atoms with Crippen LogP contribution in [0.15, 0.2) is 91.1 Å². The van der Waals surface area contributed by atoms with Gasteiger partial charge in [0, 0.05) is 29.1 Å². The molecule has 0 spiro atoms. The summed E-state index contributed by atoms with van der Waals surface area (Å²) in [6.07, 6.45) is -3.45. The molecule has 35 heavy (non-hydrogen) atoms. The van der Waals surface area contributed by atoms with Gasteiger partial charge in [0.05, 0.1) is 24.6 Å². The van der Waals surface area contributed by atoms with Gasteiger partial charge in [0.1, 0.15) is 0 Å². The van der Waals surface area contributed by atoms with Crippen LogP contribution in [0.25, 0.3) is 27.4 Å². The van der Waals surface area contributed by atoms with Crippen LogP contribution in [0, 0.1) is 0 Å². The number of fused-ring (bicyclic) bond motifs is 2. The first kappa shape index (κ1) is 24.2. The molecule has 0 fully saturated rings. The molecular weight excluding hydrogens is 458 g/mol. The van der Waals surface area contributed by atoms with E-state index in [1.807, 2.05) is 30.3 Å². The van der Waals surface area contributed by atoms with E-state index in [0.717, 1.165) is 5.69 Å². The van der Waals surface area contributed by atoms with Crippen LogP contribution in [-0.2, 0) is 5.60 Å². The maximum Gasteiger partial charge on any atom is 0.425 e. The van der Waals surface area contributed by atoms with Gasteiger partial charge in [-0.25, -0.2) is 4.68 Å². The first-order chi connectivity index (χ1) is 16.8. The maximum absolute atomic E-state index is 14.6. The number of aromatic nitrogens is 2. The Bertz CT molecular complexity index is 1460. The normalized spacial score (nSPS) is 13.2. The fraction of sp³-hybridized carbons (Fsp3) is 0.148. The molecule has 0 amide bonds. The topological polar surface area (TPSA) is 50.1 Å². The third-order valence-corrected chi connectivity index (χ3v) is 5.98. The van der Waals surface area contributed by atoms with Crippen molar-refractivity contribution in [2.24, 2.45) is 0 Å². The molecule has 1 unspecified atom stereocenters. The van der Waals surface area contributed by atoms with E-state index in [1.165, 1.54) is 24.4 Å². The molecule has 0 bridgehead atoms. The van der Waals surface area contributed by atoms with Crippen molar-refractivity contribution in [2.75, 3.05) is 19.5 Å². The van der Waals surface area contributed by atoms with E-state index in [2.05, 4.69) is 10.4 Å². The lowest BCUT2D eigenvalue weighted by atomic mass is 9.82. The smallest absolute Gasteiger partial charge is 0.388 e. The molecule has 1 heterocycles. The summed E-state index contributed by atoms with van der Waals surface area (Å²) in [5.74, 6) is 0. The first-order valence-electron chi connectivity index (χ1n) is 10.7. The summed E-state index contributed by atoms with van der Waals surface area (Å²) >= 11 is 0. The molecule has 8 heteroatoms. The number of halogens is 4. The van der Waals surface area contributed by atoms with Gasteiger partial charge in [-0.1, -0.05) is 54.6 Å². The summed E-state index contributed by atoms with van der Waals surface area (Å²) in [4.78, 5) is 0. The fourth-order valence-electron chi connectivity index (χ4n) is 4.34. The highest BCUT2D eigenvalue weighted by atomic mass is 19.4. The van der Waals surface area contributed by atoms with Gasteiger partial charge in [-0.2, -0.15) is 18.3 Å². The number of hydrogen-bond donors (Lipinski definition) is 2. The molecule has 4 nitrogen and oxygen atoms in total. The van der Waals surface area contributed by atoms with Gasteiger partial charge >= 0.3 is 6.18 Å². The second-order valence-corrected chi connectivity index (χ2v) is 7.83. The Hall–Kier alpha value is -3.91. The van der Waals surface area contributed by atoms with Crippen molar-refractivity contribution in [3.63, 3.8) is 0 Å². The number of nitrogens with zero attached hydrogens (tertiary/aromatic N) is 2. The predicted octanol–water partition coefficient (Wildman–Crippen LogP) is 6.60. The van der Waals surface area contributed by atoms with Crippen LogP contribution < -0.4 is 5.32 Å². The molecular formula is C27H23F4N3O. The third kappa shape index (κ3) is 4.00. The van der Waals surface area contributed by atoms with Crippen molar-refractivity contribution in [2.45, 2.75) is 11.8 Å². The van der Waals surface area contributed by atoms with E-state index < -0.39 is 11.8 Å². The van der Waals surface area contributed by atoms with Gasteiger partial charge in [0.2, 0.25) is 5.60 Å². The molecule has 1 aromatic heterocycles. The Morgan fingerprint density at radius 3 is 2.14 bits per heavy atom. The van der Waals surface area contributed by atoms with Crippen LogP contribution in [0.2, 0.25) is 0 Å². The van der Waals surface area contributed by atoms with E-state index in [9.17, 15) is 22.7 Å². The van der Waals surface area contributed by atoms with Gasteiger partial charge in [-0.05, 0) is 41.3 Å². The number of nitrogens with one attached hydrogen (secondary N) is 1. The Morgan fingerprint density at radius 1 is 0.829 bits per heavy atom. The van der Waals surface area contributed by atoms with E-state index in [-0.39, 0.29) is 11.1 Å². The molecule has 1 atom stereocenters. The maximum atomic E-state index is 14.6. The molecule has 5 aromatic rings. The van der Waals surface area contributed by atoms with Crippen molar-refractivity contribution >= 4 is 27.4 Å². The molecule has 0 saturated heterocycles. The molecule has 5 rings (SSSR count). The zero-order chi connectivity index (χ0) is 25.2. The lowest BCUT2D eigenvalue weighted by Crippen LogP contribution is -2.43. The van der Waals surface area contributed by atoms with Crippen molar-refractivity contribution in [1.82, 2.24) is 9.78 Å². The van der Waals surface area contributed by atoms with Gasteiger partial charge in [-0.3, -0.25) is 4.39 Å². The molecule has 0 aliphatic heterocycles. The van der Waals surface area contributed by atoms with Crippen molar-refractivity contribution in [3.05, 3.63) is 102 Å². The van der Waals surface area contributed by atoms with E-state index in [1.54, 1.807) is 48.1 Å². The standard InChI is InChI=1S/C26H20F3N3O.CH3F/c1-30-23-13-12-22(20-9-5-6-10-21(20)23)25(33,26(27,28)29)18-11-14-24-17(15-18)16-31-32(24)19-7-3-2-4-8-19;1-2/h2-16,30,33H,1H3;1H3. The minimum atomic E-state index is -4.96. The number of alkyl halides is 4. The van der Waals surface area contributed by atoms with Crippen molar-refractivity contribution in [3.8, 4) is 5.69 Å². The highest BCUT2D eigenvalue weighted by Crippen LogP contribution is 2.47. The summed E-state index contributed by atoms with van der Waals surface area (Å²) in [5.41, 5.74) is -1.58. The van der Waals surface area contributed by atoms with Gasteiger partial charge in [-0.15, -0.1) is 0 Å². The first-order valence-corrected chi connectivity index (χ1v) is 10.7. The number of hydrogen-bond acceptors (Lipinski definition) is 3. The molecule has 0 aliphatic rings. The second kappa shape index (κ2) is 9.38. The molecule has 180 valence electrons. The van der Waals surface area contributed by atoms with Crippen LogP contribution in [0.5, 0.6) is 0 Å². The molecule has 4 aromatic carbocycles. The van der Waals surface area contributed by atoms with Gasteiger partial charge in [0.25, 0.3) is 0 Å². The molecule has 2 N–H and O–H groups in total. The van der Waals surface area contributed by atoms with E-state index in [0.29, 0.717) is 34.5 Å². The minimum absolute atomic E-state index is 0.223. The summed E-state index contributed by atoms with van der Waals surface area (Å²) in [5, 5.41) is 20.1. The average molecular weight is 481 g/mol. The Morgan fingerprint density at radius 2 is 1.49 bits per heavy atom. The Labute approximate surface area is 199 Å². The molecule has 0 radical (unpaired) electrons. The quantitative estimate of drug-likeness (QED) is 0.284. The van der Waals surface area contributed by atoms with Crippen LogP contribution in [-0.4, -0.2) is 35.3 Å². The van der Waals surface area contributed by atoms with Crippen molar-refractivity contribution < 1.29 is 22.7 Å². The summed E-state index contributed by atoms with van der Waals surface area (Å²) in [7, 11) is 2.20. The highest BCUT2D eigenvalue weighted by Gasteiger charge is 2.57. The third-order valence-electron chi connectivity index (χ3n) is 5.98. The summed E-state index contributed by atoms with van der Waals surface area (Å²) < 4.78 is 54.9. The average Bonchev–Trinajstić information content (AvgIpc) is 3.32. The Balaban J connectivity index is 0.00000141. The molecule has 0 saturated carbocycles. The van der Waals surface area contributed by atoms with Crippen LogP contribution in [0.4, 0.5) is 23.2 Å².